The van der Waals surface area contributed by atoms with Gasteiger partial charge in [0.15, 0.2) is 5.11 Å². The Hall–Kier alpha value is -2.41. The molecule has 30 heavy (non-hydrogen) atoms. The van der Waals surface area contributed by atoms with Gasteiger partial charge in [-0.3, -0.25) is 4.79 Å². The van der Waals surface area contributed by atoms with Crippen LogP contribution in [-0.4, -0.2) is 35.5 Å². The Morgan fingerprint density at radius 1 is 1.13 bits per heavy atom. The standard InChI is InChI=1S/C23H33N3O3S/c1-5-7-8-9-10-11-19(27)24-18-14-12-17(13-15-18)21-20(22(28)29-6-2)16(3)26(4)23(30)25-21/h12-15,21H,5-11H2,1-4H3,(H,24,27)(H,25,30). The number of anilines is 1. The van der Waals surface area contributed by atoms with Crippen LogP contribution in [0.2, 0.25) is 0 Å². The number of unbranched alkanes of at least 4 members (excludes halogenated alkanes) is 4. The second kappa shape index (κ2) is 11.7. The van der Waals surface area contributed by atoms with Crippen molar-refractivity contribution in [2.45, 2.75) is 65.3 Å². The van der Waals surface area contributed by atoms with Crippen LogP contribution in [0.3, 0.4) is 0 Å². The molecule has 7 heteroatoms. The molecule has 1 atom stereocenters. The average molecular weight is 432 g/mol. The van der Waals surface area contributed by atoms with Crippen LogP contribution in [0.5, 0.6) is 0 Å². The quantitative estimate of drug-likeness (QED) is 0.318. The van der Waals surface area contributed by atoms with Gasteiger partial charge in [-0.1, -0.05) is 44.7 Å². The number of nitrogens with one attached hydrogen (secondary N) is 2. The molecule has 0 saturated heterocycles. The first-order valence-corrected chi connectivity index (χ1v) is 11.1. The van der Waals surface area contributed by atoms with Crippen molar-refractivity contribution in [1.82, 2.24) is 10.2 Å². The lowest BCUT2D eigenvalue weighted by molar-refractivity contribution is -0.139. The van der Waals surface area contributed by atoms with Gasteiger partial charge in [0, 0.05) is 24.9 Å². The summed E-state index contributed by atoms with van der Waals surface area (Å²) in [4.78, 5) is 26.5. The normalized spacial score (nSPS) is 16.3. The average Bonchev–Trinajstić information content (AvgIpc) is 2.72. The maximum absolute atomic E-state index is 12.6. The maximum atomic E-state index is 12.6. The summed E-state index contributed by atoms with van der Waals surface area (Å²) in [5.41, 5.74) is 2.93. The molecule has 0 aliphatic carbocycles. The van der Waals surface area contributed by atoms with E-state index >= 15 is 0 Å². The van der Waals surface area contributed by atoms with Crippen LogP contribution in [0.4, 0.5) is 5.69 Å². The molecule has 1 aromatic carbocycles. The molecule has 0 saturated carbocycles. The molecule has 1 amide bonds. The minimum Gasteiger partial charge on any atom is -0.463 e. The Morgan fingerprint density at radius 3 is 2.43 bits per heavy atom. The molecule has 0 spiro atoms. The Kier molecular flexibility index (Phi) is 9.30. The number of benzene rings is 1. The molecular formula is C23H33N3O3S. The number of hydrogen-bond acceptors (Lipinski definition) is 4. The molecule has 1 unspecified atom stereocenters. The molecule has 1 aliphatic rings. The molecule has 164 valence electrons. The first-order valence-electron chi connectivity index (χ1n) is 10.7. The number of hydrogen-bond donors (Lipinski definition) is 2. The highest BCUT2D eigenvalue weighted by Crippen LogP contribution is 2.31. The molecule has 6 nitrogen and oxygen atoms in total. The van der Waals surface area contributed by atoms with Gasteiger partial charge in [-0.25, -0.2) is 4.79 Å². The second-order valence-electron chi connectivity index (χ2n) is 7.50. The summed E-state index contributed by atoms with van der Waals surface area (Å²) in [5, 5.41) is 6.71. The van der Waals surface area contributed by atoms with E-state index in [1.807, 2.05) is 38.2 Å². The van der Waals surface area contributed by atoms with Crippen LogP contribution >= 0.6 is 12.2 Å². The zero-order chi connectivity index (χ0) is 22.1. The number of rotatable bonds is 10. The number of carbonyl (C=O) groups excluding carboxylic acids is 2. The molecule has 2 rings (SSSR count). The first-order chi connectivity index (χ1) is 14.4. The van der Waals surface area contributed by atoms with Crippen molar-refractivity contribution in [2.75, 3.05) is 19.0 Å². The van der Waals surface area contributed by atoms with E-state index < -0.39 is 6.04 Å². The maximum Gasteiger partial charge on any atom is 0.338 e. The number of allylic oxidation sites excluding steroid dienone is 1. The first kappa shape index (κ1) is 23.9. The van der Waals surface area contributed by atoms with Gasteiger partial charge in [-0.05, 0) is 50.2 Å². The summed E-state index contributed by atoms with van der Waals surface area (Å²) in [6.07, 6.45) is 6.13. The minimum absolute atomic E-state index is 0.0285. The van der Waals surface area contributed by atoms with Gasteiger partial charge in [0.2, 0.25) is 5.91 Å². The summed E-state index contributed by atoms with van der Waals surface area (Å²) in [6.45, 7) is 6.13. The molecule has 0 radical (unpaired) electrons. The molecule has 1 aliphatic heterocycles. The monoisotopic (exact) mass is 431 g/mol. The Labute approximate surface area is 185 Å². The number of nitrogens with zero attached hydrogens (tertiary/aromatic N) is 1. The summed E-state index contributed by atoms with van der Waals surface area (Å²) in [5.74, 6) is -0.330. The highest BCUT2D eigenvalue weighted by molar-refractivity contribution is 7.80. The zero-order valence-corrected chi connectivity index (χ0v) is 19.2. The number of ether oxygens (including phenoxy) is 1. The molecular weight excluding hydrogens is 398 g/mol. The van der Waals surface area contributed by atoms with Crippen LogP contribution in [-0.2, 0) is 14.3 Å². The van der Waals surface area contributed by atoms with Crippen LogP contribution in [0.15, 0.2) is 35.5 Å². The fourth-order valence-corrected chi connectivity index (χ4v) is 3.69. The van der Waals surface area contributed by atoms with E-state index in [0.29, 0.717) is 23.7 Å². The van der Waals surface area contributed by atoms with E-state index in [9.17, 15) is 9.59 Å². The Bertz CT molecular complexity index is 789. The smallest absolute Gasteiger partial charge is 0.338 e. The van der Waals surface area contributed by atoms with Gasteiger partial charge in [-0.15, -0.1) is 0 Å². The summed E-state index contributed by atoms with van der Waals surface area (Å²) >= 11 is 5.41. The van der Waals surface area contributed by atoms with Gasteiger partial charge in [0.25, 0.3) is 0 Å². The molecule has 0 aromatic heterocycles. The third-order valence-electron chi connectivity index (χ3n) is 5.28. The van der Waals surface area contributed by atoms with E-state index in [4.69, 9.17) is 17.0 Å². The van der Waals surface area contributed by atoms with Crippen molar-refractivity contribution in [1.29, 1.82) is 0 Å². The Morgan fingerprint density at radius 2 is 1.80 bits per heavy atom. The van der Waals surface area contributed by atoms with Crippen molar-refractivity contribution in [2.24, 2.45) is 0 Å². The fraction of sp³-hybridized carbons (Fsp3) is 0.522. The lowest BCUT2D eigenvalue weighted by atomic mass is 9.95. The summed E-state index contributed by atoms with van der Waals surface area (Å²) in [6, 6.07) is 7.11. The van der Waals surface area contributed by atoms with Crippen molar-refractivity contribution >= 4 is 34.9 Å². The largest absolute Gasteiger partial charge is 0.463 e. The number of amides is 1. The lowest BCUT2D eigenvalue weighted by Crippen LogP contribution is -2.46. The van der Waals surface area contributed by atoms with Crippen molar-refractivity contribution in [3.63, 3.8) is 0 Å². The van der Waals surface area contributed by atoms with E-state index in [1.165, 1.54) is 19.3 Å². The third kappa shape index (κ3) is 6.29. The zero-order valence-electron chi connectivity index (χ0n) is 18.4. The van der Waals surface area contributed by atoms with Gasteiger partial charge in [0.1, 0.15) is 0 Å². The van der Waals surface area contributed by atoms with Gasteiger partial charge >= 0.3 is 5.97 Å². The highest BCUT2D eigenvalue weighted by atomic mass is 32.1. The van der Waals surface area contributed by atoms with Gasteiger partial charge < -0.3 is 20.3 Å². The SMILES string of the molecule is CCCCCCCC(=O)Nc1ccc(C2NC(=S)N(C)C(C)=C2C(=O)OCC)cc1. The minimum atomic E-state index is -0.393. The predicted molar refractivity (Wildman–Crippen MR) is 124 cm³/mol. The van der Waals surface area contributed by atoms with Crippen molar-refractivity contribution in [3.8, 4) is 0 Å². The summed E-state index contributed by atoms with van der Waals surface area (Å²) in [7, 11) is 1.82. The van der Waals surface area contributed by atoms with Crippen LogP contribution < -0.4 is 10.6 Å². The van der Waals surface area contributed by atoms with E-state index in [-0.39, 0.29) is 11.9 Å². The predicted octanol–water partition coefficient (Wildman–Crippen LogP) is 4.68. The third-order valence-corrected chi connectivity index (χ3v) is 5.68. The fourth-order valence-electron chi connectivity index (χ4n) is 3.43. The van der Waals surface area contributed by atoms with Crippen molar-refractivity contribution < 1.29 is 14.3 Å². The molecule has 1 heterocycles. The second-order valence-corrected chi connectivity index (χ2v) is 7.88. The van der Waals surface area contributed by atoms with Crippen LogP contribution in [0, 0.1) is 0 Å². The Balaban J connectivity index is 2.07. The molecule has 0 fully saturated rings. The topological polar surface area (TPSA) is 70.7 Å². The van der Waals surface area contributed by atoms with Crippen LogP contribution in [0.25, 0.3) is 0 Å². The van der Waals surface area contributed by atoms with E-state index in [1.54, 1.807) is 11.8 Å². The number of thiocarbonyl (C=S) groups is 1. The summed E-state index contributed by atoms with van der Waals surface area (Å²) < 4.78 is 5.26. The van der Waals surface area contributed by atoms with E-state index in [2.05, 4.69) is 17.6 Å². The van der Waals surface area contributed by atoms with Gasteiger partial charge in [-0.2, -0.15) is 0 Å². The van der Waals surface area contributed by atoms with E-state index in [0.717, 1.165) is 29.8 Å². The van der Waals surface area contributed by atoms with Crippen molar-refractivity contribution in [3.05, 3.63) is 41.1 Å². The number of esters is 1. The van der Waals surface area contributed by atoms with Gasteiger partial charge in [0.05, 0.1) is 18.2 Å². The molecule has 1 aromatic rings. The highest BCUT2D eigenvalue weighted by Gasteiger charge is 2.33. The lowest BCUT2D eigenvalue weighted by Gasteiger charge is -2.35. The molecule has 2 N–H and O–H groups in total. The number of carbonyl (C=O) groups is 2. The van der Waals surface area contributed by atoms with Crippen LogP contribution in [0.1, 0.15) is 70.9 Å². The molecule has 0 bridgehead atoms.